The second-order valence-corrected chi connectivity index (χ2v) is 7.94. The van der Waals surface area contributed by atoms with Crippen LogP contribution in [0.5, 0.6) is 0 Å². The molecule has 3 heterocycles. The van der Waals surface area contributed by atoms with E-state index in [1.54, 1.807) is 10.4 Å². The first kappa shape index (κ1) is 19.4. The van der Waals surface area contributed by atoms with E-state index in [-0.39, 0.29) is 11.9 Å². The van der Waals surface area contributed by atoms with Crippen molar-refractivity contribution < 1.29 is 13.2 Å². The molecule has 0 bridgehead atoms. The molecule has 0 aliphatic carbocycles. The van der Waals surface area contributed by atoms with Crippen LogP contribution in [0.15, 0.2) is 59.6 Å². The second kappa shape index (κ2) is 7.62. The highest BCUT2D eigenvalue weighted by Gasteiger charge is 2.27. The fraction of sp³-hybridized carbons (Fsp3) is 0.0952. The van der Waals surface area contributed by atoms with Crippen LogP contribution >= 0.6 is 11.9 Å². The normalized spacial score (nSPS) is 14.3. The van der Waals surface area contributed by atoms with Gasteiger partial charge in [-0.15, -0.1) is 0 Å². The average molecular weight is 440 g/mol. The third-order valence-corrected chi connectivity index (χ3v) is 5.95. The van der Waals surface area contributed by atoms with Gasteiger partial charge in [0.15, 0.2) is 11.5 Å². The van der Waals surface area contributed by atoms with Crippen molar-refractivity contribution in [2.45, 2.75) is 17.9 Å². The molecule has 0 radical (unpaired) electrons. The Labute approximate surface area is 179 Å². The zero-order valence-corrected chi connectivity index (χ0v) is 16.9. The highest BCUT2D eigenvalue weighted by atomic mass is 32.2. The first-order chi connectivity index (χ1) is 15.0. The standard InChI is InChI=1S/C21H15F3N6S/c1-11(29-21-19-20(26-9-25-19)27-10-28-21)17-4-12-2-3-13(22)8-18(12)31-30(17)16-6-14(23)5-15(24)7-16/h2-11H,1H3,(H2,25,26,27,28,29). The maximum Gasteiger partial charge on any atom is 0.162 e. The third kappa shape index (κ3) is 3.70. The molecule has 5 rings (SSSR count). The largest absolute Gasteiger partial charge is 0.360 e. The lowest BCUT2D eigenvalue weighted by molar-refractivity contribution is 0.583. The van der Waals surface area contributed by atoms with Crippen molar-refractivity contribution in [1.29, 1.82) is 0 Å². The molecule has 2 aromatic carbocycles. The Morgan fingerprint density at radius 1 is 1.00 bits per heavy atom. The SMILES string of the molecule is CC(Nc1ncnc2[nH]cnc12)C1=Cc2ccc(F)cc2SN1c1cc(F)cc(F)c1. The Hall–Kier alpha value is -3.53. The summed E-state index contributed by atoms with van der Waals surface area (Å²) in [6.07, 6.45) is 4.80. The van der Waals surface area contributed by atoms with Gasteiger partial charge in [0.05, 0.1) is 23.8 Å². The molecule has 1 unspecified atom stereocenters. The number of aromatic nitrogens is 4. The zero-order valence-electron chi connectivity index (χ0n) is 16.1. The molecular formula is C21H15F3N6S. The number of benzene rings is 2. The van der Waals surface area contributed by atoms with E-state index in [0.29, 0.717) is 33.3 Å². The number of nitrogens with one attached hydrogen (secondary N) is 2. The van der Waals surface area contributed by atoms with Crippen molar-refractivity contribution in [3.63, 3.8) is 0 Å². The molecule has 2 N–H and O–H groups in total. The number of H-pyrrole nitrogens is 1. The van der Waals surface area contributed by atoms with Crippen LogP contribution in [0.25, 0.3) is 17.2 Å². The van der Waals surface area contributed by atoms with Gasteiger partial charge in [-0.3, -0.25) is 4.31 Å². The zero-order chi connectivity index (χ0) is 21.5. The molecule has 10 heteroatoms. The molecule has 2 aromatic heterocycles. The van der Waals surface area contributed by atoms with Gasteiger partial charge in [0.25, 0.3) is 0 Å². The second-order valence-electron chi connectivity index (χ2n) is 6.95. The fourth-order valence-corrected chi connectivity index (χ4v) is 4.51. The van der Waals surface area contributed by atoms with E-state index in [2.05, 4.69) is 25.3 Å². The van der Waals surface area contributed by atoms with Crippen LogP contribution in [0, 0.1) is 17.5 Å². The summed E-state index contributed by atoms with van der Waals surface area (Å²) in [7, 11) is 0. The number of rotatable bonds is 4. The molecule has 0 saturated carbocycles. The van der Waals surface area contributed by atoms with Gasteiger partial charge in [0.1, 0.15) is 29.3 Å². The molecule has 1 aliphatic rings. The molecule has 1 atom stereocenters. The molecule has 6 nitrogen and oxygen atoms in total. The quantitative estimate of drug-likeness (QED) is 0.429. The van der Waals surface area contributed by atoms with Gasteiger partial charge in [0.2, 0.25) is 0 Å². The number of halogens is 3. The van der Waals surface area contributed by atoms with Crippen LogP contribution in [-0.2, 0) is 0 Å². The Bertz CT molecular complexity index is 1300. The van der Waals surface area contributed by atoms with Crippen LogP contribution in [-0.4, -0.2) is 26.0 Å². The minimum Gasteiger partial charge on any atom is -0.360 e. The van der Waals surface area contributed by atoms with Crippen molar-refractivity contribution in [2.24, 2.45) is 0 Å². The van der Waals surface area contributed by atoms with Gasteiger partial charge < -0.3 is 10.3 Å². The molecule has 0 fully saturated rings. The smallest absolute Gasteiger partial charge is 0.162 e. The first-order valence-electron chi connectivity index (χ1n) is 9.34. The van der Waals surface area contributed by atoms with Gasteiger partial charge >= 0.3 is 0 Å². The van der Waals surface area contributed by atoms with Crippen molar-refractivity contribution in [3.8, 4) is 0 Å². The first-order valence-corrected chi connectivity index (χ1v) is 10.1. The number of aromatic amines is 1. The lowest BCUT2D eigenvalue weighted by Gasteiger charge is -2.34. The van der Waals surface area contributed by atoms with Crippen LogP contribution in [0.1, 0.15) is 12.5 Å². The van der Waals surface area contributed by atoms with Crippen molar-refractivity contribution in [1.82, 2.24) is 19.9 Å². The molecule has 31 heavy (non-hydrogen) atoms. The summed E-state index contributed by atoms with van der Waals surface area (Å²) >= 11 is 1.19. The van der Waals surface area contributed by atoms with E-state index < -0.39 is 11.6 Å². The number of imidazole rings is 1. The van der Waals surface area contributed by atoms with Gasteiger partial charge in [-0.25, -0.2) is 28.1 Å². The maximum atomic E-state index is 14.0. The number of nitrogens with zero attached hydrogens (tertiary/aromatic N) is 4. The monoisotopic (exact) mass is 440 g/mol. The Morgan fingerprint density at radius 3 is 2.61 bits per heavy atom. The summed E-state index contributed by atoms with van der Waals surface area (Å²) in [5.41, 5.74) is 2.96. The predicted molar refractivity (Wildman–Crippen MR) is 114 cm³/mol. The van der Waals surface area contributed by atoms with E-state index >= 15 is 0 Å². The fourth-order valence-electron chi connectivity index (χ4n) is 3.38. The number of fused-ring (bicyclic) bond motifs is 2. The molecule has 1 aliphatic heterocycles. The summed E-state index contributed by atoms with van der Waals surface area (Å²) in [4.78, 5) is 16.2. The van der Waals surface area contributed by atoms with Gasteiger partial charge in [-0.2, -0.15) is 0 Å². The number of anilines is 2. The molecule has 0 spiro atoms. The van der Waals surface area contributed by atoms with Crippen LogP contribution in [0.4, 0.5) is 24.7 Å². The molecular weight excluding hydrogens is 425 g/mol. The summed E-state index contributed by atoms with van der Waals surface area (Å²) in [6, 6.07) is 7.38. The van der Waals surface area contributed by atoms with Crippen LogP contribution < -0.4 is 9.62 Å². The van der Waals surface area contributed by atoms with Crippen molar-refractivity contribution in [2.75, 3.05) is 9.62 Å². The van der Waals surface area contributed by atoms with Crippen molar-refractivity contribution in [3.05, 3.63) is 77.8 Å². The maximum absolute atomic E-state index is 14.0. The lowest BCUT2D eigenvalue weighted by Crippen LogP contribution is -2.30. The van der Waals surface area contributed by atoms with E-state index in [0.717, 1.165) is 11.6 Å². The predicted octanol–water partition coefficient (Wildman–Crippen LogP) is 5.14. The highest BCUT2D eigenvalue weighted by Crippen LogP contribution is 2.42. The van der Waals surface area contributed by atoms with E-state index in [1.165, 1.54) is 48.9 Å². The third-order valence-electron chi connectivity index (χ3n) is 4.80. The van der Waals surface area contributed by atoms with E-state index in [9.17, 15) is 13.2 Å². The topological polar surface area (TPSA) is 69.7 Å². The molecule has 0 amide bonds. The van der Waals surface area contributed by atoms with Gasteiger partial charge in [-0.1, -0.05) is 6.07 Å². The molecule has 156 valence electrons. The van der Waals surface area contributed by atoms with Gasteiger partial charge in [-0.05, 0) is 54.8 Å². The van der Waals surface area contributed by atoms with Gasteiger partial charge in [0, 0.05) is 11.0 Å². The average Bonchev–Trinajstić information content (AvgIpc) is 3.22. The Kier molecular flexibility index (Phi) is 4.78. The molecule has 0 saturated heterocycles. The minimum atomic E-state index is -0.699. The number of hydrogen-bond donors (Lipinski definition) is 2. The lowest BCUT2D eigenvalue weighted by atomic mass is 10.1. The Morgan fingerprint density at radius 2 is 1.81 bits per heavy atom. The van der Waals surface area contributed by atoms with Crippen LogP contribution in [0.2, 0.25) is 0 Å². The summed E-state index contributed by atoms with van der Waals surface area (Å²) in [5, 5.41) is 3.29. The summed E-state index contributed by atoms with van der Waals surface area (Å²) in [6.45, 7) is 1.89. The number of hydrogen-bond acceptors (Lipinski definition) is 6. The highest BCUT2D eigenvalue weighted by molar-refractivity contribution is 8.01. The van der Waals surface area contributed by atoms with Crippen LogP contribution in [0.3, 0.4) is 0 Å². The van der Waals surface area contributed by atoms with Crippen molar-refractivity contribution >= 4 is 40.7 Å². The summed E-state index contributed by atoms with van der Waals surface area (Å²) < 4.78 is 43.4. The van der Waals surface area contributed by atoms with E-state index in [4.69, 9.17) is 0 Å². The van der Waals surface area contributed by atoms with E-state index in [1.807, 2.05) is 13.0 Å². The summed E-state index contributed by atoms with van der Waals surface area (Å²) in [5.74, 6) is -1.27. The molecule has 4 aromatic rings. The Balaban J connectivity index is 1.57. The minimum absolute atomic E-state index is 0.296.